The van der Waals surface area contributed by atoms with Crippen LogP contribution in [0.1, 0.15) is 11.3 Å². The highest BCUT2D eigenvalue weighted by atomic mass is 19.1. The number of urea groups is 1. The van der Waals surface area contributed by atoms with Crippen LogP contribution in [0.5, 0.6) is 5.75 Å². The summed E-state index contributed by atoms with van der Waals surface area (Å²) in [5.74, 6) is 0.465. The van der Waals surface area contributed by atoms with Gasteiger partial charge in [0.25, 0.3) is 0 Å². The first kappa shape index (κ1) is 18.3. The highest BCUT2D eigenvalue weighted by molar-refractivity contribution is 5.73. The lowest BCUT2D eigenvalue weighted by Crippen LogP contribution is -2.34. The summed E-state index contributed by atoms with van der Waals surface area (Å²) in [7, 11) is 1.61. The number of amides is 2. The van der Waals surface area contributed by atoms with E-state index in [9.17, 15) is 9.18 Å². The van der Waals surface area contributed by atoms with Crippen molar-refractivity contribution in [2.75, 3.05) is 7.11 Å². The zero-order chi connectivity index (χ0) is 19.1. The van der Waals surface area contributed by atoms with Crippen LogP contribution < -0.4 is 15.4 Å². The molecule has 3 aromatic rings. The molecule has 0 unspecified atom stereocenters. The molecule has 0 aliphatic heterocycles. The van der Waals surface area contributed by atoms with Gasteiger partial charge in [0.05, 0.1) is 25.0 Å². The molecule has 0 aliphatic rings. The summed E-state index contributed by atoms with van der Waals surface area (Å²) < 4.78 is 18.1. The third-order valence-electron chi connectivity index (χ3n) is 3.91. The molecule has 1 heterocycles. The van der Waals surface area contributed by atoms with E-state index in [4.69, 9.17) is 4.74 Å². The van der Waals surface area contributed by atoms with Gasteiger partial charge in [-0.2, -0.15) is 0 Å². The van der Waals surface area contributed by atoms with Gasteiger partial charge < -0.3 is 15.4 Å². The number of halogens is 1. The quantitative estimate of drug-likeness (QED) is 0.702. The molecule has 0 aliphatic carbocycles. The van der Waals surface area contributed by atoms with Crippen LogP contribution >= 0.6 is 0 Å². The topological polar surface area (TPSA) is 76.1 Å². The molecule has 27 heavy (non-hydrogen) atoms. The van der Waals surface area contributed by atoms with E-state index >= 15 is 0 Å². The highest BCUT2D eigenvalue weighted by Crippen LogP contribution is 2.17. The lowest BCUT2D eigenvalue weighted by Gasteiger charge is -2.09. The van der Waals surface area contributed by atoms with Gasteiger partial charge >= 0.3 is 6.03 Å². The Hall–Kier alpha value is -3.48. The fourth-order valence-electron chi connectivity index (χ4n) is 2.43. The second-order valence-corrected chi connectivity index (χ2v) is 5.79. The van der Waals surface area contributed by atoms with Crippen LogP contribution in [0.4, 0.5) is 9.18 Å². The summed E-state index contributed by atoms with van der Waals surface area (Å²) in [5.41, 5.74) is 3.07. The average molecular weight is 366 g/mol. The Labute approximate surface area is 156 Å². The van der Waals surface area contributed by atoms with Crippen LogP contribution in [0.3, 0.4) is 0 Å². The standard InChI is InChI=1S/C20H19FN4O2/c1-27-18-8-2-14(3-9-18)11-22-20(26)23-12-17-10-19(25-13-24-17)15-4-6-16(21)7-5-15/h2-10,13H,11-12H2,1H3,(H2,22,23,26). The molecule has 0 fully saturated rings. The number of rotatable bonds is 6. The van der Waals surface area contributed by atoms with Crippen LogP contribution in [0, 0.1) is 5.82 Å². The predicted octanol–water partition coefficient (Wildman–Crippen LogP) is 3.29. The molecular formula is C20H19FN4O2. The van der Waals surface area contributed by atoms with Crippen LogP contribution in [-0.2, 0) is 13.1 Å². The lowest BCUT2D eigenvalue weighted by atomic mass is 10.1. The van der Waals surface area contributed by atoms with E-state index in [0.717, 1.165) is 16.9 Å². The first-order chi connectivity index (χ1) is 13.1. The number of hydrogen-bond donors (Lipinski definition) is 2. The number of methoxy groups -OCH3 is 1. The molecule has 1 aromatic heterocycles. The summed E-state index contributed by atoms with van der Waals surface area (Å²) in [6.07, 6.45) is 1.42. The van der Waals surface area contributed by atoms with Crippen LogP contribution in [-0.4, -0.2) is 23.1 Å². The number of nitrogens with one attached hydrogen (secondary N) is 2. The van der Waals surface area contributed by atoms with Gasteiger partial charge in [-0.25, -0.2) is 19.2 Å². The number of carbonyl (C=O) groups is 1. The summed E-state index contributed by atoms with van der Waals surface area (Å²) in [5, 5.41) is 5.54. The Balaban J connectivity index is 1.52. The number of benzene rings is 2. The van der Waals surface area contributed by atoms with E-state index in [1.807, 2.05) is 24.3 Å². The van der Waals surface area contributed by atoms with Crippen molar-refractivity contribution in [1.29, 1.82) is 0 Å². The summed E-state index contributed by atoms with van der Waals surface area (Å²) in [4.78, 5) is 20.3. The van der Waals surface area contributed by atoms with E-state index in [1.54, 1.807) is 25.3 Å². The maximum absolute atomic E-state index is 13.0. The van der Waals surface area contributed by atoms with Crippen molar-refractivity contribution in [2.24, 2.45) is 0 Å². The second kappa shape index (κ2) is 8.75. The van der Waals surface area contributed by atoms with Crippen LogP contribution in [0.25, 0.3) is 11.3 Å². The molecule has 2 aromatic carbocycles. The molecule has 0 saturated carbocycles. The molecule has 6 nitrogen and oxygen atoms in total. The second-order valence-electron chi connectivity index (χ2n) is 5.79. The van der Waals surface area contributed by atoms with E-state index < -0.39 is 0 Å². The molecule has 2 amide bonds. The third kappa shape index (κ3) is 5.24. The van der Waals surface area contributed by atoms with Crippen molar-refractivity contribution in [1.82, 2.24) is 20.6 Å². The van der Waals surface area contributed by atoms with Gasteiger partial charge in [-0.15, -0.1) is 0 Å². The molecule has 0 atom stereocenters. The normalized spacial score (nSPS) is 10.3. The van der Waals surface area contributed by atoms with Crippen molar-refractivity contribution in [2.45, 2.75) is 13.1 Å². The minimum Gasteiger partial charge on any atom is -0.497 e. The highest BCUT2D eigenvalue weighted by Gasteiger charge is 2.05. The molecule has 0 saturated heterocycles. The Bertz CT molecular complexity index is 899. The molecular weight excluding hydrogens is 347 g/mol. The molecule has 3 rings (SSSR count). The summed E-state index contributed by atoms with van der Waals surface area (Å²) >= 11 is 0. The molecule has 138 valence electrons. The van der Waals surface area contributed by atoms with Gasteiger partial charge in [-0.1, -0.05) is 12.1 Å². The van der Waals surface area contributed by atoms with Gasteiger partial charge in [0, 0.05) is 12.1 Å². The van der Waals surface area contributed by atoms with Gasteiger partial charge in [0.1, 0.15) is 17.9 Å². The SMILES string of the molecule is COc1ccc(CNC(=O)NCc2cc(-c3ccc(F)cc3)ncn2)cc1. The Morgan fingerprint density at radius 1 is 1.00 bits per heavy atom. The van der Waals surface area contributed by atoms with Crippen molar-refractivity contribution in [3.8, 4) is 17.0 Å². The third-order valence-corrected chi connectivity index (χ3v) is 3.91. The van der Waals surface area contributed by atoms with Crippen LogP contribution in [0.15, 0.2) is 60.9 Å². The predicted molar refractivity (Wildman–Crippen MR) is 99.5 cm³/mol. The monoisotopic (exact) mass is 366 g/mol. The first-order valence-electron chi connectivity index (χ1n) is 8.35. The Morgan fingerprint density at radius 3 is 2.41 bits per heavy atom. The van der Waals surface area contributed by atoms with Crippen molar-refractivity contribution >= 4 is 6.03 Å². The number of carbonyl (C=O) groups excluding carboxylic acids is 1. The Kier molecular flexibility index (Phi) is 5.94. The maximum atomic E-state index is 13.0. The molecule has 0 bridgehead atoms. The lowest BCUT2D eigenvalue weighted by molar-refractivity contribution is 0.240. The smallest absolute Gasteiger partial charge is 0.315 e. The molecule has 0 spiro atoms. The van der Waals surface area contributed by atoms with Crippen molar-refractivity contribution < 1.29 is 13.9 Å². The minimum absolute atomic E-state index is 0.255. The number of nitrogens with zero attached hydrogens (tertiary/aromatic N) is 2. The fourth-order valence-corrected chi connectivity index (χ4v) is 2.43. The molecule has 2 N–H and O–H groups in total. The van der Waals surface area contributed by atoms with Gasteiger partial charge in [-0.3, -0.25) is 0 Å². The van der Waals surface area contributed by atoms with Gasteiger partial charge in [0.2, 0.25) is 0 Å². The van der Waals surface area contributed by atoms with Gasteiger partial charge in [0.15, 0.2) is 0 Å². The molecule has 0 radical (unpaired) electrons. The number of ether oxygens (including phenoxy) is 1. The fraction of sp³-hybridized carbons (Fsp3) is 0.150. The van der Waals surface area contributed by atoms with Crippen LogP contribution in [0.2, 0.25) is 0 Å². The Morgan fingerprint density at radius 2 is 1.70 bits per heavy atom. The largest absolute Gasteiger partial charge is 0.497 e. The van der Waals surface area contributed by atoms with E-state index in [2.05, 4.69) is 20.6 Å². The maximum Gasteiger partial charge on any atom is 0.315 e. The zero-order valence-electron chi connectivity index (χ0n) is 14.8. The average Bonchev–Trinajstić information content (AvgIpc) is 2.72. The first-order valence-corrected chi connectivity index (χ1v) is 8.35. The summed E-state index contributed by atoms with van der Waals surface area (Å²) in [6.45, 7) is 0.658. The molecule has 7 heteroatoms. The van der Waals surface area contributed by atoms with E-state index in [0.29, 0.717) is 17.9 Å². The zero-order valence-corrected chi connectivity index (χ0v) is 14.8. The van der Waals surface area contributed by atoms with E-state index in [-0.39, 0.29) is 18.4 Å². The minimum atomic E-state index is -0.303. The van der Waals surface area contributed by atoms with Crippen molar-refractivity contribution in [3.05, 3.63) is 78.0 Å². The number of hydrogen-bond acceptors (Lipinski definition) is 4. The van der Waals surface area contributed by atoms with E-state index in [1.165, 1.54) is 18.5 Å². The van der Waals surface area contributed by atoms with Crippen molar-refractivity contribution in [3.63, 3.8) is 0 Å². The number of aromatic nitrogens is 2. The summed E-state index contributed by atoms with van der Waals surface area (Å²) in [6, 6.07) is 15.0. The van der Waals surface area contributed by atoms with Gasteiger partial charge in [-0.05, 0) is 48.0 Å².